The van der Waals surface area contributed by atoms with E-state index in [9.17, 15) is 31.9 Å². The van der Waals surface area contributed by atoms with Crippen LogP contribution in [0.4, 0.5) is 22.0 Å². The standard InChI is InChI=1S/C18H14F5NO3S2/c1-8-10(5-15(26)27)11-4-14(25)12(19)6-13(11)24(8)7-9-2-3-16(28-9)29-18(22,23)17(20)21/h2-4,6,17,25H,5,7H2,1H3,(H,26,27). The van der Waals surface area contributed by atoms with Gasteiger partial charge in [-0.3, -0.25) is 4.79 Å². The molecule has 0 atom stereocenters. The number of hydrogen-bond acceptors (Lipinski definition) is 4. The van der Waals surface area contributed by atoms with E-state index < -0.39 is 29.2 Å². The van der Waals surface area contributed by atoms with Gasteiger partial charge in [0.2, 0.25) is 0 Å². The molecule has 0 aliphatic rings. The fourth-order valence-electron chi connectivity index (χ4n) is 2.97. The summed E-state index contributed by atoms with van der Waals surface area (Å²) in [6, 6.07) is 5.00. The number of rotatable bonds is 7. The number of carboxylic acids is 1. The zero-order valence-corrected chi connectivity index (χ0v) is 16.4. The second-order valence-corrected chi connectivity index (χ2v) is 8.84. The average molecular weight is 451 g/mol. The van der Waals surface area contributed by atoms with E-state index in [0.717, 1.165) is 23.5 Å². The van der Waals surface area contributed by atoms with E-state index in [1.54, 1.807) is 11.5 Å². The van der Waals surface area contributed by atoms with Crippen molar-refractivity contribution in [3.05, 3.63) is 46.2 Å². The Morgan fingerprint density at radius 3 is 2.62 bits per heavy atom. The van der Waals surface area contributed by atoms with Gasteiger partial charge in [-0.1, -0.05) is 0 Å². The summed E-state index contributed by atoms with van der Waals surface area (Å²) < 4.78 is 66.7. The van der Waals surface area contributed by atoms with Gasteiger partial charge in [-0.2, -0.15) is 8.78 Å². The number of aromatic nitrogens is 1. The monoisotopic (exact) mass is 451 g/mol. The summed E-state index contributed by atoms with van der Waals surface area (Å²) in [4.78, 5) is 11.7. The van der Waals surface area contributed by atoms with Crippen LogP contribution in [-0.2, 0) is 17.8 Å². The summed E-state index contributed by atoms with van der Waals surface area (Å²) in [7, 11) is 0. The normalized spacial score (nSPS) is 12.2. The van der Waals surface area contributed by atoms with Crippen LogP contribution in [0, 0.1) is 12.7 Å². The molecule has 3 aromatic rings. The predicted octanol–water partition coefficient (Wildman–Crippen LogP) is 5.48. The summed E-state index contributed by atoms with van der Waals surface area (Å²) in [5.41, 5.74) is 1.22. The predicted molar refractivity (Wildman–Crippen MR) is 99.9 cm³/mol. The Balaban J connectivity index is 1.99. The molecule has 2 heterocycles. The first-order chi connectivity index (χ1) is 13.5. The number of benzene rings is 1. The number of halogens is 5. The highest BCUT2D eigenvalue weighted by atomic mass is 32.2. The Morgan fingerprint density at radius 2 is 2.00 bits per heavy atom. The summed E-state index contributed by atoms with van der Waals surface area (Å²) >= 11 is 0.655. The SMILES string of the molecule is Cc1c(CC(=O)O)c2cc(O)c(F)cc2n1Cc1ccc(SC(F)(F)C(F)F)s1. The maximum absolute atomic E-state index is 13.9. The molecule has 0 bridgehead atoms. The number of phenolic OH excluding ortho intramolecular Hbond substituents is 1. The van der Waals surface area contributed by atoms with Crippen molar-refractivity contribution >= 4 is 40.0 Å². The number of carbonyl (C=O) groups is 1. The molecule has 0 fully saturated rings. The van der Waals surface area contributed by atoms with Crippen LogP contribution < -0.4 is 0 Å². The Morgan fingerprint density at radius 1 is 1.31 bits per heavy atom. The molecular weight excluding hydrogens is 437 g/mol. The fourth-order valence-corrected chi connectivity index (χ4v) is 5.00. The lowest BCUT2D eigenvalue weighted by Gasteiger charge is -2.12. The number of thioether (sulfide) groups is 1. The topological polar surface area (TPSA) is 62.5 Å². The van der Waals surface area contributed by atoms with Gasteiger partial charge in [-0.05, 0) is 42.4 Å². The Hall–Kier alpha value is -2.27. The van der Waals surface area contributed by atoms with E-state index in [1.807, 2.05) is 0 Å². The number of fused-ring (bicyclic) bond motifs is 1. The minimum absolute atomic E-state index is 0.00556. The van der Waals surface area contributed by atoms with Gasteiger partial charge in [0.05, 0.1) is 22.7 Å². The van der Waals surface area contributed by atoms with E-state index in [4.69, 9.17) is 5.11 Å². The van der Waals surface area contributed by atoms with Crippen LogP contribution in [0.15, 0.2) is 28.5 Å². The van der Waals surface area contributed by atoms with Gasteiger partial charge in [-0.25, -0.2) is 13.2 Å². The number of aliphatic carboxylic acids is 1. The number of nitrogens with zero attached hydrogens (tertiary/aromatic N) is 1. The third-order valence-corrected chi connectivity index (χ3v) is 6.44. The number of carboxylic acid groups (broad SMARTS) is 1. The van der Waals surface area contributed by atoms with Crippen LogP contribution in [0.1, 0.15) is 16.1 Å². The Bertz CT molecular complexity index is 1080. The van der Waals surface area contributed by atoms with Crippen LogP contribution in [0.25, 0.3) is 10.9 Å². The van der Waals surface area contributed by atoms with Crippen LogP contribution in [0.5, 0.6) is 5.75 Å². The van der Waals surface area contributed by atoms with Crippen molar-refractivity contribution in [3.8, 4) is 5.75 Å². The molecule has 0 aliphatic heterocycles. The lowest BCUT2D eigenvalue weighted by Crippen LogP contribution is -2.21. The van der Waals surface area contributed by atoms with Crippen LogP contribution in [-0.4, -0.2) is 32.4 Å². The van der Waals surface area contributed by atoms with Crippen molar-refractivity contribution in [1.82, 2.24) is 4.57 Å². The van der Waals surface area contributed by atoms with Gasteiger partial charge in [0.15, 0.2) is 11.6 Å². The first-order valence-corrected chi connectivity index (χ1v) is 9.78. The second-order valence-electron chi connectivity index (χ2n) is 6.23. The molecule has 0 radical (unpaired) electrons. The molecule has 1 aromatic carbocycles. The molecule has 2 aromatic heterocycles. The van der Waals surface area contributed by atoms with E-state index in [0.29, 0.717) is 27.0 Å². The maximum atomic E-state index is 13.9. The second kappa shape index (κ2) is 7.86. The van der Waals surface area contributed by atoms with Gasteiger partial charge >= 0.3 is 17.6 Å². The summed E-state index contributed by atoms with van der Waals surface area (Å²) in [5, 5.41) is 15.0. The van der Waals surface area contributed by atoms with Gasteiger partial charge in [0.25, 0.3) is 0 Å². The zero-order chi connectivity index (χ0) is 21.5. The third-order valence-electron chi connectivity index (χ3n) is 4.29. The summed E-state index contributed by atoms with van der Waals surface area (Å²) in [6.07, 6.45) is -4.16. The lowest BCUT2D eigenvalue weighted by molar-refractivity contribution is -0.136. The third kappa shape index (κ3) is 4.35. The van der Waals surface area contributed by atoms with Crippen molar-refractivity contribution in [2.24, 2.45) is 0 Å². The highest BCUT2D eigenvalue weighted by Gasteiger charge is 2.42. The molecule has 3 rings (SSSR count). The van der Waals surface area contributed by atoms with Crippen molar-refractivity contribution in [2.45, 2.75) is 35.8 Å². The first kappa shape index (κ1) is 21.4. The largest absolute Gasteiger partial charge is 0.505 e. The minimum Gasteiger partial charge on any atom is -0.505 e. The molecule has 0 aliphatic carbocycles. The number of hydrogen-bond donors (Lipinski definition) is 2. The zero-order valence-electron chi connectivity index (χ0n) is 14.8. The molecule has 0 saturated carbocycles. The Labute approximate surface area is 169 Å². The summed E-state index contributed by atoms with van der Waals surface area (Å²) in [5.74, 6) is -2.62. The number of alkyl halides is 4. The van der Waals surface area contributed by atoms with Gasteiger partial charge < -0.3 is 14.8 Å². The highest BCUT2D eigenvalue weighted by molar-refractivity contribution is 8.02. The molecule has 29 heavy (non-hydrogen) atoms. The van der Waals surface area contributed by atoms with E-state index in [1.165, 1.54) is 12.1 Å². The molecule has 156 valence electrons. The highest BCUT2D eigenvalue weighted by Crippen LogP contribution is 2.43. The molecule has 0 saturated heterocycles. The molecule has 0 spiro atoms. The lowest BCUT2D eigenvalue weighted by atomic mass is 10.1. The average Bonchev–Trinajstić information content (AvgIpc) is 3.13. The molecule has 0 amide bonds. The van der Waals surface area contributed by atoms with Crippen molar-refractivity contribution < 1.29 is 37.0 Å². The van der Waals surface area contributed by atoms with Crippen molar-refractivity contribution in [3.63, 3.8) is 0 Å². The minimum atomic E-state index is -4.21. The van der Waals surface area contributed by atoms with E-state index in [2.05, 4.69) is 0 Å². The Kier molecular flexibility index (Phi) is 5.81. The molecule has 0 unspecified atom stereocenters. The number of phenols is 1. The smallest absolute Gasteiger partial charge is 0.358 e. The van der Waals surface area contributed by atoms with E-state index >= 15 is 0 Å². The number of aromatic hydroxyl groups is 1. The molecule has 2 N–H and O–H groups in total. The van der Waals surface area contributed by atoms with Gasteiger partial charge in [0, 0.05) is 22.0 Å². The van der Waals surface area contributed by atoms with Gasteiger partial charge in [0.1, 0.15) is 0 Å². The fraction of sp³-hybridized carbons (Fsp3) is 0.278. The van der Waals surface area contributed by atoms with Crippen molar-refractivity contribution in [1.29, 1.82) is 0 Å². The van der Waals surface area contributed by atoms with E-state index in [-0.39, 0.29) is 28.9 Å². The summed E-state index contributed by atoms with van der Waals surface area (Å²) in [6.45, 7) is 1.72. The van der Waals surface area contributed by atoms with Crippen LogP contribution in [0.2, 0.25) is 0 Å². The molecular formula is C18H14F5NO3S2. The van der Waals surface area contributed by atoms with Crippen molar-refractivity contribution in [2.75, 3.05) is 0 Å². The van der Waals surface area contributed by atoms with Crippen LogP contribution >= 0.6 is 23.1 Å². The molecule has 4 nitrogen and oxygen atoms in total. The quantitative estimate of drug-likeness (QED) is 0.369. The first-order valence-electron chi connectivity index (χ1n) is 8.15. The molecule has 11 heteroatoms. The van der Waals surface area contributed by atoms with Crippen LogP contribution in [0.3, 0.4) is 0 Å². The maximum Gasteiger partial charge on any atom is 0.358 e. The number of thiophene rings is 1. The van der Waals surface area contributed by atoms with Gasteiger partial charge in [-0.15, -0.1) is 11.3 Å².